The van der Waals surface area contributed by atoms with E-state index in [1.165, 1.54) is 0 Å². The topological polar surface area (TPSA) is 47.5 Å². The quantitative estimate of drug-likeness (QED) is 0.546. The summed E-state index contributed by atoms with van der Waals surface area (Å²) in [6.07, 6.45) is 1.80. The summed E-state index contributed by atoms with van der Waals surface area (Å²) in [7, 11) is 4.01. The standard InChI is InChI=1S/C10H23N3O/c1-5-11-9(13(3)4)7-8-10(9,14)12-6-2/h11-12,14H,5-8H2,1-4H3. The molecule has 3 N–H and O–H groups in total. The van der Waals surface area contributed by atoms with Crippen molar-refractivity contribution >= 4 is 0 Å². The van der Waals surface area contributed by atoms with Gasteiger partial charge in [0, 0.05) is 0 Å². The third-order valence-electron chi connectivity index (χ3n) is 3.23. The fraction of sp³-hybridized carbons (Fsp3) is 1.00. The molecule has 2 atom stereocenters. The lowest BCUT2D eigenvalue weighted by atomic mass is 9.73. The number of rotatable bonds is 5. The maximum Gasteiger partial charge on any atom is 0.147 e. The van der Waals surface area contributed by atoms with Gasteiger partial charge in [-0.05, 0) is 40.0 Å². The largest absolute Gasteiger partial charge is 0.372 e. The van der Waals surface area contributed by atoms with E-state index in [1.54, 1.807) is 0 Å². The van der Waals surface area contributed by atoms with E-state index < -0.39 is 5.72 Å². The third-order valence-corrected chi connectivity index (χ3v) is 3.23. The lowest BCUT2D eigenvalue weighted by Crippen LogP contribution is -2.81. The summed E-state index contributed by atoms with van der Waals surface area (Å²) in [5.74, 6) is 0. The van der Waals surface area contributed by atoms with Crippen LogP contribution in [-0.4, -0.2) is 48.6 Å². The number of hydrogen-bond donors (Lipinski definition) is 3. The van der Waals surface area contributed by atoms with Gasteiger partial charge in [-0.1, -0.05) is 13.8 Å². The highest BCUT2D eigenvalue weighted by Gasteiger charge is 2.59. The first-order valence-corrected chi connectivity index (χ1v) is 5.42. The average Bonchev–Trinajstić information content (AvgIpc) is 2.12. The van der Waals surface area contributed by atoms with Crippen LogP contribution in [0, 0.1) is 0 Å². The summed E-state index contributed by atoms with van der Waals surface area (Å²) >= 11 is 0. The smallest absolute Gasteiger partial charge is 0.147 e. The van der Waals surface area contributed by atoms with Gasteiger partial charge in [-0.2, -0.15) is 0 Å². The molecule has 0 saturated heterocycles. The SMILES string of the molecule is CCNC1(O)CCC1(NCC)N(C)C. The van der Waals surface area contributed by atoms with Crippen molar-refractivity contribution in [2.45, 2.75) is 38.1 Å². The summed E-state index contributed by atoms with van der Waals surface area (Å²) in [6.45, 7) is 5.74. The Morgan fingerprint density at radius 3 is 2.00 bits per heavy atom. The fourth-order valence-electron chi connectivity index (χ4n) is 2.40. The fourth-order valence-corrected chi connectivity index (χ4v) is 2.40. The van der Waals surface area contributed by atoms with Gasteiger partial charge < -0.3 is 5.11 Å². The van der Waals surface area contributed by atoms with Gasteiger partial charge in [0.05, 0.1) is 0 Å². The van der Waals surface area contributed by atoms with Gasteiger partial charge in [0.15, 0.2) is 0 Å². The van der Waals surface area contributed by atoms with Crippen LogP contribution >= 0.6 is 0 Å². The molecule has 0 spiro atoms. The molecule has 1 aliphatic rings. The highest BCUT2D eigenvalue weighted by molar-refractivity contribution is 5.10. The van der Waals surface area contributed by atoms with Crippen LogP contribution in [0.25, 0.3) is 0 Å². The molecule has 84 valence electrons. The summed E-state index contributed by atoms with van der Waals surface area (Å²) in [4.78, 5) is 2.07. The van der Waals surface area contributed by atoms with Gasteiger partial charge in [0.25, 0.3) is 0 Å². The van der Waals surface area contributed by atoms with Crippen LogP contribution in [-0.2, 0) is 0 Å². The van der Waals surface area contributed by atoms with E-state index in [2.05, 4.69) is 22.5 Å². The van der Waals surface area contributed by atoms with Crippen molar-refractivity contribution in [2.75, 3.05) is 27.2 Å². The van der Waals surface area contributed by atoms with Crippen LogP contribution in [0.3, 0.4) is 0 Å². The lowest BCUT2D eigenvalue weighted by Gasteiger charge is -2.59. The molecule has 4 nitrogen and oxygen atoms in total. The van der Waals surface area contributed by atoms with Gasteiger partial charge in [0.2, 0.25) is 0 Å². The molecule has 0 aromatic carbocycles. The van der Waals surface area contributed by atoms with Gasteiger partial charge >= 0.3 is 0 Å². The zero-order chi connectivity index (χ0) is 10.8. The van der Waals surface area contributed by atoms with Gasteiger partial charge in [-0.25, -0.2) is 0 Å². The Labute approximate surface area is 86.7 Å². The molecule has 0 aromatic heterocycles. The van der Waals surface area contributed by atoms with Crippen molar-refractivity contribution in [1.29, 1.82) is 0 Å². The minimum absolute atomic E-state index is 0.294. The predicted molar refractivity (Wildman–Crippen MR) is 58.0 cm³/mol. The lowest BCUT2D eigenvalue weighted by molar-refractivity contribution is -0.207. The molecule has 1 rings (SSSR count). The Balaban J connectivity index is 2.78. The molecule has 2 unspecified atom stereocenters. The maximum atomic E-state index is 10.4. The summed E-state index contributed by atoms with van der Waals surface area (Å²) in [6, 6.07) is 0. The second kappa shape index (κ2) is 4.14. The van der Waals surface area contributed by atoms with Gasteiger partial charge in [-0.3, -0.25) is 15.5 Å². The molecule has 1 fully saturated rings. The summed E-state index contributed by atoms with van der Waals surface area (Å²) < 4.78 is 0. The Kier molecular flexibility index (Phi) is 3.53. The Bertz CT molecular complexity index is 198. The molecular weight excluding hydrogens is 178 g/mol. The molecule has 0 heterocycles. The average molecular weight is 201 g/mol. The number of nitrogens with zero attached hydrogens (tertiary/aromatic N) is 1. The van der Waals surface area contributed by atoms with Crippen molar-refractivity contribution in [2.24, 2.45) is 0 Å². The molecular formula is C10H23N3O. The highest BCUT2D eigenvalue weighted by Crippen LogP contribution is 2.41. The normalized spacial score (nSPS) is 37.3. The van der Waals surface area contributed by atoms with Crippen molar-refractivity contribution in [3.8, 4) is 0 Å². The van der Waals surface area contributed by atoms with Crippen LogP contribution in [0.2, 0.25) is 0 Å². The van der Waals surface area contributed by atoms with Crippen LogP contribution in [0.5, 0.6) is 0 Å². The second-order valence-corrected chi connectivity index (χ2v) is 4.18. The van der Waals surface area contributed by atoms with E-state index in [0.29, 0.717) is 0 Å². The van der Waals surface area contributed by atoms with Gasteiger partial charge in [0.1, 0.15) is 11.4 Å². The Hall–Kier alpha value is -0.160. The van der Waals surface area contributed by atoms with Crippen molar-refractivity contribution in [3.05, 3.63) is 0 Å². The van der Waals surface area contributed by atoms with Crippen LogP contribution in [0.15, 0.2) is 0 Å². The molecule has 0 aromatic rings. The summed E-state index contributed by atoms with van der Waals surface area (Å²) in [5, 5.41) is 17.0. The second-order valence-electron chi connectivity index (χ2n) is 4.18. The van der Waals surface area contributed by atoms with E-state index in [1.807, 2.05) is 21.0 Å². The van der Waals surface area contributed by atoms with E-state index in [0.717, 1.165) is 25.9 Å². The minimum Gasteiger partial charge on any atom is -0.372 e. The first-order chi connectivity index (χ1) is 6.52. The van der Waals surface area contributed by atoms with Crippen LogP contribution in [0.1, 0.15) is 26.7 Å². The maximum absolute atomic E-state index is 10.4. The Morgan fingerprint density at radius 1 is 1.14 bits per heavy atom. The van der Waals surface area contributed by atoms with Crippen molar-refractivity contribution < 1.29 is 5.11 Å². The molecule has 4 heteroatoms. The molecule has 0 bridgehead atoms. The zero-order valence-corrected chi connectivity index (χ0v) is 9.72. The van der Waals surface area contributed by atoms with Crippen LogP contribution < -0.4 is 10.6 Å². The minimum atomic E-state index is -0.777. The molecule has 0 amide bonds. The Morgan fingerprint density at radius 2 is 1.71 bits per heavy atom. The van der Waals surface area contributed by atoms with Gasteiger partial charge in [-0.15, -0.1) is 0 Å². The van der Waals surface area contributed by atoms with E-state index in [9.17, 15) is 5.11 Å². The highest BCUT2D eigenvalue weighted by atomic mass is 16.3. The molecule has 1 saturated carbocycles. The summed E-state index contributed by atoms with van der Waals surface area (Å²) in [5.41, 5.74) is -1.07. The van der Waals surface area contributed by atoms with E-state index >= 15 is 0 Å². The monoisotopic (exact) mass is 201 g/mol. The zero-order valence-electron chi connectivity index (χ0n) is 9.72. The van der Waals surface area contributed by atoms with Crippen LogP contribution in [0.4, 0.5) is 0 Å². The third kappa shape index (κ3) is 1.56. The first-order valence-electron chi connectivity index (χ1n) is 5.42. The van der Waals surface area contributed by atoms with Crippen molar-refractivity contribution in [3.63, 3.8) is 0 Å². The number of aliphatic hydroxyl groups is 1. The first kappa shape index (κ1) is 11.9. The number of hydrogen-bond acceptors (Lipinski definition) is 4. The number of nitrogens with one attached hydrogen (secondary N) is 2. The molecule has 0 aliphatic heterocycles. The molecule has 14 heavy (non-hydrogen) atoms. The van der Waals surface area contributed by atoms with E-state index in [4.69, 9.17) is 0 Å². The van der Waals surface area contributed by atoms with Crippen molar-refractivity contribution in [1.82, 2.24) is 15.5 Å². The molecule has 1 aliphatic carbocycles. The molecule has 0 radical (unpaired) electrons. The number of likely N-dealkylation sites (N-methyl/N-ethyl adjacent to an activating group) is 3. The van der Waals surface area contributed by atoms with E-state index in [-0.39, 0.29) is 5.66 Å². The predicted octanol–water partition coefficient (Wildman–Crippen LogP) is -0.0543.